The average molecular weight is 359 g/mol. The molecule has 22 heavy (non-hydrogen) atoms. The number of allylic oxidation sites excluding steroid dienone is 2. The second-order valence-electron chi connectivity index (χ2n) is 4.71. The zero-order chi connectivity index (χ0) is 15.5. The fraction of sp³-hybridized carbons (Fsp3) is 0.158. The molecule has 0 spiro atoms. The van der Waals surface area contributed by atoms with E-state index in [0.717, 1.165) is 5.56 Å². The molecule has 3 heteroatoms. The Kier molecular flexibility index (Phi) is 7.71. The van der Waals surface area contributed by atoms with Gasteiger partial charge >= 0.3 is 138 Å². The van der Waals surface area contributed by atoms with Crippen LogP contribution >= 0.6 is 0 Å². The third kappa shape index (κ3) is 6.88. The number of benzene rings is 2. The van der Waals surface area contributed by atoms with Crippen LogP contribution in [0.3, 0.4) is 0 Å². The molecule has 0 saturated carbocycles. The van der Waals surface area contributed by atoms with Crippen LogP contribution in [-0.2, 0) is 11.3 Å². The molecule has 2 aromatic carbocycles. The van der Waals surface area contributed by atoms with Gasteiger partial charge in [0, 0.05) is 0 Å². The summed E-state index contributed by atoms with van der Waals surface area (Å²) in [5.74, 6) is 0. The third-order valence-corrected chi connectivity index (χ3v) is 4.63. The first-order chi connectivity index (χ1) is 10.8. The van der Waals surface area contributed by atoms with E-state index in [2.05, 4.69) is 29.2 Å². The molecule has 0 radical (unpaired) electrons. The number of hydrogen-bond donors (Lipinski definition) is 1. The van der Waals surface area contributed by atoms with E-state index in [0.29, 0.717) is 28.2 Å². The van der Waals surface area contributed by atoms with Crippen LogP contribution in [0, 0.1) is 0 Å². The Morgan fingerprint density at radius 2 is 1.64 bits per heavy atom. The molecule has 2 nitrogen and oxygen atoms in total. The molecule has 0 aliphatic rings. The topological polar surface area (TPSA) is 29.5 Å². The van der Waals surface area contributed by atoms with Gasteiger partial charge in [-0.25, -0.2) is 0 Å². The summed E-state index contributed by atoms with van der Waals surface area (Å²) in [6.07, 6.45) is 5.04. The van der Waals surface area contributed by atoms with Crippen LogP contribution in [0.1, 0.15) is 5.56 Å². The summed E-state index contributed by atoms with van der Waals surface area (Å²) in [5, 5.41) is 9.80. The minimum atomic E-state index is -0.572. The van der Waals surface area contributed by atoms with Crippen molar-refractivity contribution < 1.29 is 9.84 Å². The molecule has 0 heterocycles. The summed E-state index contributed by atoms with van der Waals surface area (Å²) in [6.45, 7) is 0.835. The van der Waals surface area contributed by atoms with Crippen LogP contribution in [0.15, 0.2) is 83.9 Å². The maximum absolute atomic E-state index is 9.80. The van der Waals surface area contributed by atoms with Gasteiger partial charge < -0.3 is 0 Å². The molecule has 0 aliphatic carbocycles. The molecule has 0 saturated heterocycles. The number of aliphatic hydroxyl groups excluding tert-OH is 1. The van der Waals surface area contributed by atoms with Crippen LogP contribution < -0.4 is 4.46 Å². The molecule has 2 rings (SSSR count). The first-order valence-electron chi connectivity index (χ1n) is 7.19. The maximum atomic E-state index is 9.80. The van der Waals surface area contributed by atoms with E-state index < -0.39 is 6.10 Å². The summed E-state index contributed by atoms with van der Waals surface area (Å²) < 4.78 is 6.83. The van der Waals surface area contributed by atoms with Crippen LogP contribution in [0.4, 0.5) is 0 Å². The summed E-state index contributed by atoms with van der Waals surface area (Å²) >= 11 is 0.334. The predicted octanol–water partition coefficient (Wildman–Crippen LogP) is 2.66. The number of ether oxygens (including phenoxy) is 1. The van der Waals surface area contributed by atoms with Crippen molar-refractivity contribution in [3.05, 3.63) is 89.4 Å². The Hall–Kier alpha value is -1.64. The van der Waals surface area contributed by atoms with Crippen molar-refractivity contribution in [1.82, 2.24) is 0 Å². The van der Waals surface area contributed by atoms with E-state index in [1.54, 1.807) is 6.08 Å². The van der Waals surface area contributed by atoms with Gasteiger partial charge in [0.05, 0.1) is 0 Å². The van der Waals surface area contributed by atoms with Gasteiger partial charge in [0.1, 0.15) is 0 Å². The number of hydrogen-bond acceptors (Lipinski definition) is 2. The molecule has 0 fully saturated rings. The van der Waals surface area contributed by atoms with Crippen molar-refractivity contribution in [2.24, 2.45) is 0 Å². The van der Waals surface area contributed by atoms with E-state index in [1.807, 2.05) is 48.6 Å². The second kappa shape index (κ2) is 10.1. The second-order valence-corrected chi connectivity index (χ2v) is 6.77. The number of aliphatic hydroxyl groups is 1. The van der Waals surface area contributed by atoms with Gasteiger partial charge in [-0.15, -0.1) is 0 Å². The van der Waals surface area contributed by atoms with Crippen molar-refractivity contribution in [3.8, 4) is 0 Å². The molecule has 1 atom stereocenters. The van der Waals surface area contributed by atoms with Gasteiger partial charge in [-0.3, -0.25) is 0 Å². The van der Waals surface area contributed by atoms with Crippen LogP contribution in [0.2, 0.25) is 0 Å². The monoisotopic (exact) mass is 360 g/mol. The summed E-state index contributed by atoms with van der Waals surface area (Å²) in [4.78, 5) is 2.14. The Morgan fingerprint density at radius 3 is 2.36 bits per heavy atom. The van der Waals surface area contributed by atoms with Gasteiger partial charge in [0.2, 0.25) is 0 Å². The van der Waals surface area contributed by atoms with Gasteiger partial charge in [0.15, 0.2) is 0 Å². The molecule has 0 bridgehead atoms. The van der Waals surface area contributed by atoms with E-state index in [-0.39, 0.29) is 0 Å². The van der Waals surface area contributed by atoms with Crippen molar-refractivity contribution in [1.29, 1.82) is 0 Å². The molecular formula is C19H20O2Se. The molecule has 114 valence electrons. The van der Waals surface area contributed by atoms with Crippen molar-refractivity contribution in [2.75, 3.05) is 6.61 Å². The normalized spacial score (nSPS) is 13.0. The standard InChI is InChI=1S/C19H20O2Se/c20-18(16-21-15-17-9-3-1-4-10-17)11-7-8-14-22-19-12-5-2-6-13-19/h1-14,18,20H,15-16H2/b11-7+,14-8+/t18-/m1/s1. The van der Waals surface area contributed by atoms with E-state index in [1.165, 1.54) is 4.46 Å². The fourth-order valence-electron chi connectivity index (χ4n) is 1.78. The Bertz CT molecular complexity index is 579. The summed E-state index contributed by atoms with van der Waals surface area (Å²) in [7, 11) is 0. The fourth-order valence-corrected chi connectivity index (χ4v) is 3.13. The predicted molar refractivity (Wildman–Crippen MR) is 92.2 cm³/mol. The Labute approximate surface area is 138 Å². The van der Waals surface area contributed by atoms with Gasteiger partial charge in [-0.05, 0) is 0 Å². The Morgan fingerprint density at radius 1 is 0.955 bits per heavy atom. The van der Waals surface area contributed by atoms with Crippen molar-refractivity contribution in [3.63, 3.8) is 0 Å². The van der Waals surface area contributed by atoms with Gasteiger partial charge in [-0.2, -0.15) is 0 Å². The molecule has 0 unspecified atom stereocenters. The summed E-state index contributed by atoms with van der Waals surface area (Å²) in [5.41, 5.74) is 1.11. The minimum absolute atomic E-state index is 0.309. The SMILES string of the molecule is O[C@H](/C=C/C=C/[Se]c1ccccc1)COCc1ccccc1. The molecule has 1 N–H and O–H groups in total. The molecule has 0 aromatic heterocycles. The van der Waals surface area contributed by atoms with Crippen LogP contribution in [-0.4, -0.2) is 32.8 Å². The Balaban J connectivity index is 1.63. The van der Waals surface area contributed by atoms with Gasteiger partial charge in [-0.1, -0.05) is 0 Å². The zero-order valence-electron chi connectivity index (χ0n) is 12.3. The van der Waals surface area contributed by atoms with E-state index in [9.17, 15) is 5.11 Å². The summed E-state index contributed by atoms with van der Waals surface area (Å²) in [6, 6.07) is 20.3. The number of rotatable bonds is 8. The first-order valence-corrected chi connectivity index (χ1v) is 9.04. The zero-order valence-corrected chi connectivity index (χ0v) is 14.1. The van der Waals surface area contributed by atoms with Crippen molar-refractivity contribution >= 4 is 19.4 Å². The quantitative estimate of drug-likeness (QED) is 0.580. The molecular weight excluding hydrogens is 339 g/mol. The van der Waals surface area contributed by atoms with Gasteiger partial charge in [0.25, 0.3) is 0 Å². The molecule has 0 amide bonds. The average Bonchev–Trinajstić information content (AvgIpc) is 2.56. The first kappa shape index (κ1) is 16.7. The van der Waals surface area contributed by atoms with Crippen LogP contribution in [0.5, 0.6) is 0 Å². The van der Waals surface area contributed by atoms with Crippen molar-refractivity contribution in [2.45, 2.75) is 12.7 Å². The van der Waals surface area contributed by atoms with E-state index in [4.69, 9.17) is 4.74 Å². The third-order valence-electron chi connectivity index (χ3n) is 2.87. The molecule has 0 aliphatic heterocycles. The molecule has 2 aromatic rings. The van der Waals surface area contributed by atoms with Crippen LogP contribution in [0.25, 0.3) is 0 Å². The van der Waals surface area contributed by atoms with E-state index >= 15 is 0 Å².